The van der Waals surface area contributed by atoms with E-state index in [0.717, 1.165) is 30.1 Å². The Kier molecular flexibility index (Phi) is 3.36. The summed E-state index contributed by atoms with van der Waals surface area (Å²) in [4.78, 5) is 12.2. The van der Waals surface area contributed by atoms with Crippen LogP contribution in [0.2, 0.25) is 0 Å². The number of halogens is 1. The first-order valence-electron chi connectivity index (χ1n) is 7.78. The van der Waals surface area contributed by atoms with Crippen molar-refractivity contribution in [1.29, 1.82) is 0 Å². The molecule has 19 heavy (non-hydrogen) atoms. The molecule has 108 valence electrons. The molecule has 0 radical (unpaired) electrons. The smallest absolute Gasteiger partial charge is 0.223 e. The molecule has 0 saturated heterocycles. The van der Waals surface area contributed by atoms with Gasteiger partial charge in [-0.25, -0.2) is 0 Å². The highest BCUT2D eigenvalue weighted by atomic mass is 35.5. The summed E-state index contributed by atoms with van der Waals surface area (Å²) < 4.78 is 0. The SMILES string of the molecule is CC(C)(C)CC(Cl)CNC(=O)C1C2C3CCC(C3)C12. The second kappa shape index (κ2) is 4.65. The molecule has 1 amide bonds. The summed E-state index contributed by atoms with van der Waals surface area (Å²) in [5.41, 5.74) is 0.229. The van der Waals surface area contributed by atoms with E-state index in [-0.39, 0.29) is 16.7 Å². The van der Waals surface area contributed by atoms with Gasteiger partial charge in [-0.05, 0) is 54.8 Å². The lowest BCUT2D eigenvalue weighted by atomic mass is 9.90. The van der Waals surface area contributed by atoms with Crippen LogP contribution in [0.4, 0.5) is 0 Å². The summed E-state index contributed by atoms with van der Waals surface area (Å²) >= 11 is 6.31. The topological polar surface area (TPSA) is 29.1 Å². The third kappa shape index (κ3) is 2.66. The molecule has 0 spiro atoms. The van der Waals surface area contributed by atoms with Crippen molar-refractivity contribution < 1.29 is 4.79 Å². The molecule has 2 bridgehead atoms. The third-order valence-corrected chi connectivity index (χ3v) is 5.68. The quantitative estimate of drug-likeness (QED) is 0.787. The molecule has 0 aliphatic heterocycles. The Labute approximate surface area is 121 Å². The lowest BCUT2D eigenvalue weighted by Gasteiger charge is -2.22. The second-order valence-electron chi connectivity index (χ2n) is 8.12. The van der Waals surface area contributed by atoms with Crippen molar-refractivity contribution in [3.05, 3.63) is 0 Å². The molecule has 0 aromatic heterocycles. The lowest BCUT2D eigenvalue weighted by molar-refractivity contribution is -0.123. The first-order valence-corrected chi connectivity index (χ1v) is 8.22. The van der Waals surface area contributed by atoms with E-state index >= 15 is 0 Å². The van der Waals surface area contributed by atoms with E-state index in [0.29, 0.717) is 12.5 Å². The highest BCUT2D eigenvalue weighted by Gasteiger charge is 2.67. The Hall–Kier alpha value is -0.240. The molecule has 5 atom stereocenters. The van der Waals surface area contributed by atoms with Gasteiger partial charge in [0.15, 0.2) is 0 Å². The maximum Gasteiger partial charge on any atom is 0.223 e. The van der Waals surface area contributed by atoms with Gasteiger partial charge in [0.2, 0.25) is 5.91 Å². The average molecular weight is 284 g/mol. The summed E-state index contributed by atoms with van der Waals surface area (Å²) in [7, 11) is 0. The fourth-order valence-electron chi connectivity index (χ4n) is 4.74. The van der Waals surface area contributed by atoms with Gasteiger partial charge >= 0.3 is 0 Å². The molecule has 1 N–H and O–H groups in total. The molecular formula is C16H26ClNO. The predicted molar refractivity (Wildman–Crippen MR) is 78.0 cm³/mol. The van der Waals surface area contributed by atoms with Crippen molar-refractivity contribution in [2.45, 2.75) is 51.8 Å². The van der Waals surface area contributed by atoms with E-state index in [1.54, 1.807) is 0 Å². The minimum atomic E-state index is 0.0549. The maximum absolute atomic E-state index is 12.2. The fourth-order valence-corrected chi connectivity index (χ4v) is 5.28. The predicted octanol–water partition coefficient (Wildman–Crippen LogP) is 3.44. The monoisotopic (exact) mass is 283 g/mol. The molecule has 0 heterocycles. The van der Waals surface area contributed by atoms with Gasteiger partial charge in [-0.3, -0.25) is 4.79 Å². The van der Waals surface area contributed by atoms with Gasteiger partial charge in [-0.2, -0.15) is 0 Å². The Balaban J connectivity index is 1.44. The van der Waals surface area contributed by atoms with Gasteiger partial charge in [0, 0.05) is 12.5 Å². The largest absolute Gasteiger partial charge is 0.354 e. The standard InChI is InChI=1S/C16H26ClNO/c1-16(2,3)7-11(17)8-18-15(19)14-12-9-4-5-10(6-9)13(12)14/h9-14H,4-8H2,1-3H3,(H,18,19). The zero-order valence-electron chi connectivity index (χ0n) is 12.3. The summed E-state index contributed by atoms with van der Waals surface area (Å²) in [5.74, 6) is 3.82. The number of carbonyl (C=O) groups is 1. The Bertz CT molecular complexity index is 359. The molecule has 3 aliphatic rings. The van der Waals surface area contributed by atoms with Crippen molar-refractivity contribution in [1.82, 2.24) is 5.32 Å². The van der Waals surface area contributed by atoms with Crippen molar-refractivity contribution in [2.75, 3.05) is 6.54 Å². The van der Waals surface area contributed by atoms with Gasteiger partial charge in [-0.1, -0.05) is 20.8 Å². The van der Waals surface area contributed by atoms with Crippen LogP contribution in [0.3, 0.4) is 0 Å². The zero-order valence-corrected chi connectivity index (χ0v) is 13.0. The molecular weight excluding hydrogens is 258 g/mol. The van der Waals surface area contributed by atoms with E-state index in [9.17, 15) is 4.79 Å². The van der Waals surface area contributed by atoms with Crippen molar-refractivity contribution in [3.8, 4) is 0 Å². The highest BCUT2D eigenvalue weighted by molar-refractivity contribution is 6.20. The number of fused-ring (bicyclic) bond motifs is 5. The number of alkyl halides is 1. The van der Waals surface area contributed by atoms with Crippen LogP contribution in [0.15, 0.2) is 0 Å². The Morgan fingerprint density at radius 3 is 2.37 bits per heavy atom. The van der Waals surface area contributed by atoms with Gasteiger partial charge < -0.3 is 5.32 Å². The second-order valence-corrected chi connectivity index (χ2v) is 8.74. The lowest BCUT2D eigenvalue weighted by Crippen LogP contribution is -2.34. The first-order chi connectivity index (χ1) is 8.87. The molecule has 3 fully saturated rings. The Morgan fingerprint density at radius 1 is 1.26 bits per heavy atom. The number of carbonyl (C=O) groups excluding carboxylic acids is 1. The van der Waals surface area contributed by atoms with Crippen LogP contribution < -0.4 is 5.32 Å². The zero-order chi connectivity index (χ0) is 13.8. The first kappa shape index (κ1) is 13.7. The summed E-state index contributed by atoms with van der Waals surface area (Å²) in [6.45, 7) is 7.19. The molecule has 2 nitrogen and oxygen atoms in total. The van der Waals surface area contributed by atoms with E-state index in [1.807, 2.05) is 0 Å². The van der Waals surface area contributed by atoms with Crippen molar-refractivity contribution >= 4 is 17.5 Å². The minimum absolute atomic E-state index is 0.0549. The van der Waals surface area contributed by atoms with Crippen LogP contribution in [-0.2, 0) is 4.79 Å². The third-order valence-electron chi connectivity index (χ3n) is 5.37. The maximum atomic E-state index is 12.2. The summed E-state index contributed by atoms with van der Waals surface area (Å²) in [6, 6.07) is 0. The van der Waals surface area contributed by atoms with E-state index < -0.39 is 0 Å². The number of hydrogen-bond donors (Lipinski definition) is 1. The van der Waals surface area contributed by atoms with E-state index in [4.69, 9.17) is 11.6 Å². The van der Waals surface area contributed by atoms with Gasteiger partial charge in [0.1, 0.15) is 0 Å². The fraction of sp³-hybridized carbons (Fsp3) is 0.938. The normalized spacial score (nSPS) is 40.9. The van der Waals surface area contributed by atoms with Gasteiger partial charge in [-0.15, -0.1) is 11.6 Å². The van der Waals surface area contributed by atoms with E-state index in [1.165, 1.54) is 19.3 Å². The van der Waals surface area contributed by atoms with Crippen LogP contribution in [0.5, 0.6) is 0 Å². The average Bonchev–Trinajstić information content (AvgIpc) is 2.73. The molecule has 5 unspecified atom stereocenters. The van der Waals surface area contributed by atoms with Crippen LogP contribution in [0, 0.1) is 35.0 Å². The van der Waals surface area contributed by atoms with Crippen LogP contribution in [0.25, 0.3) is 0 Å². The van der Waals surface area contributed by atoms with E-state index in [2.05, 4.69) is 26.1 Å². The molecule has 3 saturated carbocycles. The van der Waals surface area contributed by atoms with Crippen LogP contribution in [0.1, 0.15) is 46.5 Å². The van der Waals surface area contributed by atoms with Gasteiger partial charge in [0.05, 0.1) is 5.38 Å². The van der Waals surface area contributed by atoms with Crippen molar-refractivity contribution in [3.63, 3.8) is 0 Å². The number of rotatable bonds is 4. The highest BCUT2D eigenvalue weighted by Crippen LogP contribution is 2.69. The Morgan fingerprint density at radius 2 is 1.84 bits per heavy atom. The summed E-state index contributed by atoms with van der Waals surface area (Å²) in [6.07, 6.45) is 5.09. The van der Waals surface area contributed by atoms with Crippen LogP contribution in [-0.4, -0.2) is 17.8 Å². The van der Waals surface area contributed by atoms with Gasteiger partial charge in [0.25, 0.3) is 0 Å². The molecule has 0 aromatic rings. The number of hydrogen-bond acceptors (Lipinski definition) is 1. The molecule has 3 aliphatic carbocycles. The molecule has 3 heteroatoms. The molecule has 3 rings (SSSR count). The minimum Gasteiger partial charge on any atom is -0.354 e. The number of amides is 1. The van der Waals surface area contributed by atoms with Crippen molar-refractivity contribution in [2.24, 2.45) is 35.0 Å². The summed E-state index contributed by atoms with van der Waals surface area (Å²) in [5, 5.41) is 3.15. The van der Waals surface area contributed by atoms with Crippen LogP contribution >= 0.6 is 11.6 Å². The number of nitrogens with one attached hydrogen (secondary N) is 1. The molecule has 0 aromatic carbocycles.